The van der Waals surface area contributed by atoms with E-state index < -0.39 is 0 Å². The van der Waals surface area contributed by atoms with E-state index in [0.717, 1.165) is 12.2 Å². The Morgan fingerprint density at radius 2 is 2.56 bits per heavy atom. The van der Waals surface area contributed by atoms with Crippen LogP contribution in [0.25, 0.3) is 0 Å². The summed E-state index contributed by atoms with van der Waals surface area (Å²) in [7, 11) is 1.99. The van der Waals surface area contributed by atoms with E-state index in [0.29, 0.717) is 0 Å². The molecule has 0 aliphatic carbocycles. The van der Waals surface area contributed by atoms with Crippen LogP contribution in [0.1, 0.15) is 19.2 Å². The molecule has 0 saturated carbocycles. The first-order chi connectivity index (χ1) is 4.34. The lowest BCUT2D eigenvalue weighted by molar-refractivity contribution is 0.847. The number of aromatic nitrogens is 2. The molecule has 0 fully saturated rings. The Hall–Kier alpha value is -0.790. The van der Waals surface area contributed by atoms with Gasteiger partial charge in [-0.25, -0.2) is 4.98 Å². The summed E-state index contributed by atoms with van der Waals surface area (Å²) in [6.45, 7) is 2.11. The third kappa shape index (κ3) is 1.31. The van der Waals surface area contributed by atoms with Crippen molar-refractivity contribution in [2.75, 3.05) is 0 Å². The maximum atomic E-state index is 4.11. The third-order valence-electron chi connectivity index (χ3n) is 1.25. The molecule has 2 nitrogen and oxygen atoms in total. The SMILES string of the molecule is CC[CH]c1nccn1C. The highest BCUT2D eigenvalue weighted by atomic mass is 15.0. The Morgan fingerprint density at radius 3 is 3.00 bits per heavy atom. The molecule has 0 bridgehead atoms. The van der Waals surface area contributed by atoms with Crippen molar-refractivity contribution < 1.29 is 0 Å². The number of hydrogen-bond acceptors (Lipinski definition) is 1. The minimum atomic E-state index is 1.05. The van der Waals surface area contributed by atoms with Crippen molar-refractivity contribution >= 4 is 0 Å². The van der Waals surface area contributed by atoms with E-state index in [1.165, 1.54) is 0 Å². The third-order valence-corrected chi connectivity index (χ3v) is 1.25. The topological polar surface area (TPSA) is 17.8 Å². The Bertz CT molecular complexity index is 179. The smallest absolute Gasteiger partial charge is 0.112 e. The summed E-state index contributed by atoms with van der Waals surface area (Å²) in [6.07, 6.45) is 6.90. The summed E-state index contributed by atoms with van der Waals surface area (Å²) in [6, 6.07) is 0. The van der Waals surface area contributed by atoms with Crippen LogP contribution in [-0.2, 0) is 7.05 Å². The predicted octanol–water partition coefficient (Wildman–Crippen LogP) is 1.38. The van der Waals surface area contributed by atoms with Gasteiger partial charge in [0.15, 0.2) is 0 Å². The van der Waals surface area contributed by atoms with Crippen LogP contribution in [-0.4, -0.2) is 9.55 Å². The molecule has 0 aliphatic rings. The van der Waals surface area contributed by atoms with Gasteiger partial charge in [-0.05, 0) is 6.42 Å². The number of nitrogens with zero attached hydrogens (tertiary/aromatic N) is 2. The highest BCUT2D eigenvalue weighted by Crippen LogP contribution is 1.99. The lowest BCUT2D eigenvalue weighted by Gasteiger charge is -1.95. The Labute approximate surface area is 55.5 Å². The molecule has 0 amide bonds. The molecule has 0 unspecified atom stereocenters. The number of aryl methyl sites for hydroxylation is 1. The summed E-state index contributed by atoms with van der Waals surface area (Å²) < 4.78 is 2.00. The summed E-state index contributed by atoms with van der Waals surface area (Å²) >= 11 is 0. The highest BCUT2D eigenvalue weighted by Gasteiger charge is 1.94. The number of rotatable bonds is 2. The Morgan fingerprint density at radius 1 is 1.78 bits per heavy atom. The largest absolute Gasteiger partial charge is 0.338 e. The van der Waals surface area contributed by atoms with Crippen molar-refractivity contribution in [2.24, 2.45) is 7.05 Å². The van der Waals surface area contributed by atoms with Crippen LogP contribution >= 0.6 is 0 Å². The second-order valence-corrected chi connectivity index (χ2v) is 2.01. The first-order valence-corrected chi connectivity index (χ1v) is 3.15. The zero-order valence-electron chi connectivity index (χ0n) is 5.83. The van der Waals surface area contributed by atoms with Crippen molar-refractivity contribution in [3.63, 3.8) is 0 Å². The van der Waals surface area contributed by atoms with Gasteiger partial charge in [0.2, 0.25) is 0 Å². The molecule has 9 heavy (non-hydrogen) atoms. The van der Waals surface area contributed by atoms with Crippen molar-refractivity contribution in [3.8, 4) is 0 Å². The average molecular weight is 123 g/mol. The van der Waals surface area contributed by atoms with E-state index in [1.54, 1.807) is 0 Å². The summed E-state index contributed by atoms with van der Waals surface area (Å²) in [5.74, 6) is 1.05. The number of hydrogen-bond donors (Lipinski definition) is 0. The van der Waals surface area contributed by atoms with Gasteiger partial charge in [-0.2, -0.15) is 0 Å². The molecular weight excluding hydrogens is 112 g/mol. The molecule has 1 radical (unpaired) electrons. The molecule has 1 aromatic rings. The zero-order valence-corrected chi connectivity index (χ0v) is 5.83. The van der Waals surface area contributed by atoms with Crippen LogP contribution in [0.3, 0.4) is 0 Å². The van der Waals surface area contributed by atoms with Gasteiger partial charge in [-0.1, -0.05) is 6.92 Å². The fourth-order valence-corrected chi connectivity index (χ4v) is 0.756. The van der Waals surface area contributed by atoms with Crippen molar-refractivity contribution in [1.29, 1.82) is 0 Å². The predicted molar refractivity (Wildman–Crippen MR) is 36.9 cm³/mol. The minimum absolute atomic E-state index is 1.05. The van der Waals surface area contributed by atoms with Crippen LogP contribution < -0.4 is 0 Å². The second kappa shape index (κ2) is 2.67. The lowest BCUT2D eigenvalue weighted by atomic mass is 10.3. The molecule has 0 spiro atoms. The van der Waals surface area contributed by atoms with E-state index in [2.05, 4.69) is 18.3 Å². The molecule has 0 aromatic carbocycles. The molecule has 2 heteroatoms. The fraction of sp³-hybridized carbons (Fsp3) is 0.429. The fourth-order valence-electron chi connectivity index (χ4n) is 0.756. The van der Waals surface area contributed by atoms with Crippen LogP contribution in [0.4, 0.5) is 0 Å². The Kier molecular flexibility index (Phi) is 1.88. The lowest BCUT2D eigenvalue weighted by Crippen LogP contribution is -1.93. The first kappa shape index (κ1) is 6.33. The van der Waals surface area contributed by atoms with Crippen molar-refractivity contribution in [2.45, 2.75) is 13.3 Å². The quantitative estimate of drug-likeness (QED) is 0.581. The highest BCUT2D eigenvalue weighted by molar-refractivity contribution is 5.02. The molecule has 1 heterocycles. The van der Waals surface area contributed by atoms with Gasteiger partial charge in [0, 0.05) is 25.9 Å². The van der Waals surface area contributed by atoms with E-state index >= 15 is 0 Å². The molecule has 0 atom stereocenters. The molecule has 1 aromatic heterocycles. The van der Waals surface area contributed by atoms with Crippen LogP contribution in [0.5, 0.6) is 0 Å². The molecule has 0 saturated heterocycles. The van der Waals surface area contributed by atoms with E-state index in [1.807, 2.05) is 24.0 Å². The first-order valence-electron chi connectivity index (χ1n) is 3.15. The minimum Gasteiger partial charge on any atom is -0.338 e. The second-order valence-electron chi connectivity index (χ2n) is 2.01. The van der Waals surface area contributed by atoms with E-state index in [4.69, 9.17) is 0 Å². The molecular formula is C7H11N2. The summed E-state index contributed by atoms with van der Waals surface area (Å²) in [5.41, 5.74) is 0. The van der Waals surface area contributed by atoms with Gasteiger partial charge in [-0.3, -0.25) is 0 Å². The summed E-state index contributed by atoms with van der Waals surface area (Å²) in [5, 5.41) is 0. The Balaban J connectivity index is 2.69. The van der Waals surface area contributed by atoms with Gasteiger partial charge in [0.05, 0.1) is 0 Å². The van der Waals surface area contributed by atoms with Gasteiger partial charge >= 0.3 is 0 Å². The monoisotopic (exact) mass is 123 g/mol. The standard InChI is InChI=1S/C7H11N2/c1-3-4-7-8-5-6-9(7)2/h4-6H,3H2,1-2H3. The van der Waals surface area contributed by atoms with Gasteiger partial charge in [0.25, 0.3) is 0 Å². The maximum absolute atomic E-state index is 4.11. The van der Waals surface area contributed by atoms with Crippen LogP contribution in [0, 0.1) is 6.42 Å². The molecule has 0 N–H and O–H groups in total. The summed E-state index contributed by atoms with van der Waals surface area (Å²) in [4.78, 5) is 4.11. The van der Waals surface area contributed by atoms with E-state index in [9.17, 15) is 0 Å². The zero-order chi connectivity index (χ0) is 6.69. The van der Waals surface area contributed by atoms with Crippen LogP contribution in [0.2, 0.25) is 0 Å². The van der Waals surface area contributed by atoms with Crippen molar-refractivity contribution in [3.05, 3.63) is 24.6 Å². The van der Waals surface area contributed by atoms with Gasteiger partial charge < -0.3 is 4.57 Å². The van der Waals surface area contributed by atoms with Gasteiger partial charge in [0.1, 0.15) is 5.82 Å². The number of imidazole rings is 1. The average Bonchev–Trinajstić information content (AvgIpc) is 2.18. The molecule has 0 aliphatic heterocycles. The molecule has 1 rings (SSSR count). The van der Waals surface area contributed by atoms with E-state index in [-0.39, 0.29) is 0 Å². The maximum Gasteiger partial charge on any atom is 0.112 e. The molecule has 49 valence electrons. The van der Waals surface area contributed by atoms with Crippen LogP contribution in [0.15, 0.2) is 12.4 Å². The van der Waals surface area contributed by atoms with Gasteiger partial charge in [-0.15, -0.1) is 0 Å². The van der Waals surface area contributed by atoms with Crippen molar-refractivity contribution in [1.82, 2.24) is 9.55 Å². The normalized spacial score (nSPS) is 10.0.